The lowest BCUT2D eigenvalue weighted by atomic mass is 9.75. The first-order chi connectivity index (χ1) is 16.8. The van der Waals surface area contributed by atoms with Gasteiger partial charge in [0.15, 0.2) is 0 Å². The number of aryl methyl sites for hydroxylation is 2. The van der Waals surface area contributed by atoms with Crippen molar-refractivity contribution in [1.29, 1.82) is 0 Å². The van der Waals surface area contributed by atoms with E-state index in [-0.39, 0.29) is 5.41 Å². The summed E-state index contributed by atoms with van der Waals surface area (Å²) in [7, 11) is 1.55. The van der Waals surface area contributed by atoms with Crippen molar-refractivity contribution in [3.63, 3.8) is 0 Å². The van der Waals surface area contributed by atoms with Crippen LogP contribution in [0.25, 0.3) is 33.3 Å². The maximum atomic E-state index is 11.8. The lowest BCUT2D eigenvalue weighted by molar-refractivity contribution is 0.0997. The molecule has 0 aliphatic heterocycles. The first kappa shape index (κ1) is 23.1. The van der Waals surface area contributed by atoms with Gasteiger partial charge in [0.05, 0.1) is 29.4 Å². The molecule has 0 unspecified atom stereocenters. The zero-order chi connectivity index (χ0) is 24.7. The van der Waals surface area contributed by atoms with Gasteiger partial charge in [0, 0.05) is 35.6 Å². The zero-order valence-electron chi connectivity index (χ0n) is 20.9. The van der Waals surface area contributed by atoms with E-state index < -0.39 is 5.91 Å². The van der Waals surface area contributed by atoms with Crippen LogP contribution in [0.3, 0.4) is 0 Å². The van der Waals surface area contributed by atoms with Gasteiger partial charge in [-0.2, -0.15) is 0 Å². The number of pyridine rings is 1. The predicted molar refractivity (Wildman–Crippen MR) is 136 cm³/mol. The van der Waals surface area contributed by atoms with Crippen LogP contribution in [-0.4, -0.2) is 27.7 Å². The number of amides is 1. The Morgan fingerprint density at radius 2 is 1.94 bits per heavy atom. The average molecular weight is 473 g/mol. The number of carbonyl (C=O) groups is 1. The molecule has 7 nitrogen and oxygen atoms in total. The van der Waals surface area contributed by atoms with Crippen LogP contribution in [0.2, 0.25) is 0 Å². The van der Waals surface area contributed by atoms with Gasteiger partial charge in [-0.25, -0.2) is 0 Å². The summed E-state index contributed by atoms with van der Waals surface area (Å²) in [4.78, 5) is 16.7. The Labute approximate surface area is 205 Å². The highest BCUT2D eigenvalue weighted by Gasteiger charge is 2.29. The molecule has 7 heteroatoms. The van der Waals surface area contributed by atoms with Crippen molar-refractivity contribution in [2.75, 3.05) is 7.11 Å². The second kappa shape index (κ2) is 8.87. The Balaban J connectivity index is 1.68. The summed E-state index contributed by atoms with van der Waals surface area (Å²) < 4.78 is 13.2. The maximum Gasteiger partial charge on any atom is 0.252 e. The minimum Gasteiger partial charge on any atom is -0.496 e. The SMILES string of the molecule is COc1cc(-c2cn(CC3(C)CCCCC3)c3cc(-c4c(C)noc4C)cnc23)ccc1C(N)=O. The highest BCUT2D eigenvalue weighted by molar-refractivity contribution is 5.99. The van der Waals surface area contributed by atoms with E-state index in [2.05, 4.69) is 28.9 Å². The van der Waals surface area contributed by atoms with Crippen molar-refractivity contribution in [3.8, 4) is 28.0 Å². The fourth-order valence-electron chi connectivity index (χ4n) is 5.58. The third kappa shape index (κ3) is 4.20. The number of ether oxygens (including phenoxy) is 1. The van der Waals surface area contributed by atoms with Crippen molar-refractivity contribution in [2.45, 2.75) is 59.4 Å². The first-order valence-electron chi connectivity index (χ1n) is 12.2. The van der Waals surface area contributed by atoms with Gasteiger partial charge in [0.25, 0.3) is 5.91 Å². The van der Waals surface area contributed by atoms with E-state index in [1.165, 1.54) is 32.1 Å². The molecule has 3 aromatic heterocycles. The van der Waals surface area contributed by atoms with Gasteiger partial charge in [-0.05, 0) is 55.9 Å². The molecule has 1 fully saturated rings. The van der Waals surface area contributed by atoms with Gasteiger partial charge >= 0.3 is 0 Å². The fraction of sp³-hybridized carbons (Fsp3) is 0.393. The number of methoxy groups -OCH3 is 1. The largest absolute Gasteiger partial charge is 0.496 e. The Morgan fingerprint density at radius 1 is 1.17 bits per heavy atom. The number of fused-ring (bicyclic) bond motifs is 1. The summed E-state index contributed by atoms with van der Waals surface area (Å²) in [5.74, 6) is 0.735. The second-order valence-electron chi connectivity index (χ2n) is 10.1. The van der Waals surface area contributed by atoms with Crippen LogP contribution in [0.15, 0.2) is 41.2 Å². The number of benzene rings is 1. The van der Waals surface area contributed by atoms with Crippen LogP contribution < -0.4 is 10.5 Å². The van der Waals surface area contributed by atoms with Gasteiger partial charge in [-0.1, -0.05) is 37.4 Å². The van der Waals surface area contributed by atoms with Gasteiger partial charge in [0.1, 0.15) is 11.5 Å². The van der Waals surface area contributed by atoms with Crippen LogP contribution in [0.5, 0.6) is 5.75 Å². The van der Waals surface area contributed by atoms with Gasteiger partial charge in [-0.3, -0.25) is 9.78 Å². The monoisotopic (exact) mass is 472 g/mol. The van der Waals surface area contributed by atoms with Crippen LogP contribution in [0.4, 0.5) is 0 Å². The highest BCUT2D eigenvalue weighted by atomic mass is 16.5. The van der Waals surface area contributed by atoms with E-state index in [0.717, 1.165) is 51.3 Å². The quantitative estimate of drug-likeness (QED) is 0.368. The standard InChI is InChI=1S/C28H32N4O3/c1-17-25(18(2)35-31-17)20-12-23-26(30-14-20)22(15-32(23)16-28(3)10-6-5-7-11-28)19-8-9-21(27(29)33)24(13-19)34-4/h8-9,12-15H,5-7,10-11,16H2,1-4H3,(H2,29,33). The Morgan fingerprint density at radius 3 is 2.60 bits per heavy atom. The van der Waals surface area contributed by atoms with Gasteiger partial charge < -0.3 is 19.6 Å². The molecule has 3 heterocycles. The lowest BCUT2D eigenvalue weighted by Gasteiger charge is -2.34. The van der Waals surface area contributed by atoms with Crippen molar-refractivity contribution >= 4 is 16.9 Å². The smallest absolute Gasteiger partial charge is 0.252 e. The number of carbonyl (C=O) groups excluding carboxylic acids is 1. The van der Waals surface area contributed by atoms with E-state index in [9.17, 15) is 4.79 Å². The molecule has 5 rings (SSSR count). The van der Waals surface area contributed by atoms with Crippen molar-refractivity contribution < 1.29 is 14.1 Å². The number of hydrogen-bond acceptors (Lipinski definition) is 5. The van der Waals surface area contributed by atoms with Gasteiger partial charge in [0.2, 0.25) is 0 Å². The number of aromatic nitrogens is 3. The topological polar surface area (TPSA) is 96.2 Å². The van der Waals surface area contributed by atoms with Crippen molar-refractivity contribution in [2.24, 2.45) is 11.1 Å². The molecule has 0 spiro atoms. The molecule has 0 radical (unpaired) electrons. The molecule has 0 atom stereocenters. The van der Waals surface area contributed by atoms with Crippen molar-refractivity contribution in [3.05, 3.63) is 53.7 Å². The Kier molecular flexibility index (Phi) is 5.87. The first-order valence-corrected chi connectivity index (χ1v) is 12.2. The molecule has 1 amide bonds. The van der Waals surface area contributed by atoms with Crippen LogP contribution in [0, 0.1) is 19.3 Å². The molecule has 4 aromatic rings. The van der Waals surface area contributed by atoms with E-state index in [1.54, 1.807) is 13.2 Å². The number of hydrogen-bond donors (Lipinski definition) is 1. The summed E-state index contributed by atoms with van der Waals surface area (Å²) in [6.07, 6.45) is 10.4. The molecule has 1 aliphatic rings. The minimum atomic E-state index is -0.511. The minimum absolute atomic E-state index is 0.244. The second-order valence-corrected chi connectivity index (χ2v) is 10.1. The van der Waals surface area contributed by atoms with E-state index in [1.807, 2.05) is 32.2 Å². The molecule has 0 bridgehead atoms. The summed E-state index contributed by atoms with van der Waals surface area (Å²) in [6.45, 7) is 7.20. The molecule has 1 saturated carbocycles. The lowest BCUT2D eigenvalue weighted by Crippen LogP contribution is -2.25. The highest BCUT2D eigenvalue weighted by Crippen LogP contribution is 2.41. The number of nitrogens with zero attached hydrogens (tertiary/aromatic N) is 3. The summed E-state index contributed by atoms with van der Waals surface area (Å²) in [6, 6.07) is 7.69. The molecule has 35 heavy (non-hydrogen) atoms. The third-order valence-corrected chi connectivity index (χ3v) is 7.43. The van der Waals surface area contributed by atoms with E-state index >= 15 is 0 Å². The molecular weight excluding hydrogens is 440 g/mol. The van der Waals surface area contributed by atoms with Crippen LogP contribution in [-0.2, 0) is 6.54 Å². The summed E-state index contributed by atoms with van der Waals surface area (Å²) >= 11 is 0. The van der Waals surface area contributed by atoms with E-state index in [0.29, 0.717) is 11.3 Å². The number of nitrogens with two attached hydrogens (primary N) is 1. The number of primary amides is 1. The Bertz CT molecular complexity index is 1390. The molecule has 1 aliphatic carbocycles. The molecule has 182 valence electrons. The Hall–Kier alpha value is -3.61. The van der Waals surface area contributed by atoms with Crippen LogP contribution >= 0.6 is 0 Å². The van der Waals surface area contributed by atoms with Gasteiger partial charge in [-0.15, -0.1) is 0 Å². The summed E-state index contributed by atoms with van der Waals surface area (Å²) in [5, 5.41) is 4.13. The molecular formula is C28H32N4O3. The predicted octanol–water partition coefficient (Wildman–Crippen LogP) is 6.05. The summed E-state index contributed by atoms with van der Waals surface area (Å²) in [5.41, 5.74) is 12.9. The molecule has 2 N–H and O–H groups in total. The van der Waals surface area contributed by atoms with Crippen LogP contribution in [0.1, 0.15) is 60.8 Å². The molecule has 1 aromatic carbocycles. The molecule has 0 saturated heterocycles. The number of rotatable bonds is 6. The third-order valence-electron chi connectivity index (χ3n) is 7.43. The normalized spacial score (nSPS) is 15.4. The fourth-order valence-corrected chi connectivity index (χ4v) is 5.58. The average Bonchev–Trinajstić information content (AvgIpc) is 3.37. The van der Waals surface area contributed by atoms with Crippen molar-refractivity contribution in [1.82, 2.24) is 14.7 Å². The zero-order valence-corrected chi connectivity index (χ0v) is 20.9. The maximum absolute atomic E-state index is 11.8. The van der Waals surface area contributed by atoms with E-state index in [4.69, 9.17) is 20.0 Å².